The lowest BCUT2D eigenvalue weighted by Crippen LogP contribution is -2.19. The number of nitrogens with zero attached hydrogens (tertiary/aromatic N) is 4. The van der Waals surface area contributed by atoms with Gasteiger partial charge in [-0.2, -0.15) is 5.10 Å². The Bertz CT molecular complexity index is 1220. The van der Waals surface area contributed by atoms with Crippen molar-refractivity contribution in [2.75, 3.05) is 18.4 Å². The summed E-state index contributed by atoms with van der Waals surface area (Å²) in [5, 5.41) is 11.2. The Balaban J connectivity index is 1.51. The third-order valence-corrected chi connectivity index (χ3v) is 4.92. The first-order chi connectivity index (χ1) is 14.1. The molecule has 4 aromatic rings. The monoisotopic (exact) mass is 396 g/mol. The summed E-state index contributed by atoms with van der Waals surface area (Å²) in [6, 6.07) is 6.07. The maximum Gasteiger partial charge on any atom is 0.153 e. The number of nitrogens with one attached hydrogen (secondary N) is 2. The molecule has 0 spiro atoms. The van der Waals surface area contributed by atoms with Gasteiger partial charge in [-0.25, -0.2) is 18.7 Å². The number of rotatable bonds is 4. The molecular formula is C20H18F2N6O. The van der Waals surface area contributed by atoms with Gasteiger partial charge in [0, 0.05) is 43.0 Å². The van der Waals surface area contributed by atoms with E-state index in [1.165, 1.54) is 18.5 Å². The van der Waals surface area contributed by atoms with Crippen LogP contribution < -0.4 is 15.4 Å². The van der Waals surface area contributed by atoms with Gasteiger partial charge in [0.25, 0.3) is 0 Å². The topological polar surface area (TPSA) is 76.9 Å². The summed E-state index contributed by atoms with van der Waals surface area (Å²) in [5.41, 5.74) is 1.13. The average Bonchev–Trinajstić information content (AvgIpc) is 3.31. The van der Waals surface area contributed by atoms with Crippen LogP contribution in [0.15, 0.2) is 36.8 Å². The quantitative estimate of drug-likeness (QED) is 0.551. The minimum absolute atomic E-state index is 0.0143. The number of ether oxygens (including phenoxy) is 1. The van der Waals surface area contributed by atoms with Crippen molar-refractivity contribution < 1.29 is 13.5 Å². The molecule has 1 atom stereocenters. The molecule has 1 aliphatic rings. The van der Waals surface area contributed by atoms with E-state index in [2.05, 4.69) is 25.7 Å². The Labute approximate surface area is 164 Å². The zero-order valence-electron chi connectivity index (χ0n) is 15.6. The number of benzene rings is 2. The highest BCUT2D eigenvalue weighted by molar-refractivity contribution is 5.93. The van der Waals surface area contributed by atoms with Crippen LogP contribution in [0.25, 0.3) is 21.8 Å². The fraction of sp³-hybridized carbons (Fsp3) is 0.250. The Morgan fingerprint density at radius 3 is 2.90 bits per heavy atom. The number of aromatic nitrogens is 4. The highest BCUT2D eigenvalue weighted by Crippen LogP contribution is 2.31. The molecule has 2 N–H and O–H groups in total. The largest absolute Gasteiger partial charge is 0.489 e. The number of fused-ring (bicyclic) bond motifs is 2. The minimum Gasteiger partial charge on any atom is -0.489 e. The maximum atomic E-state index is 14.9. The Kier molecular flexibility index (Phi) is 4.24. The summed E-state index contributed by atoms with van der Waals surface area (Å²) in [6.45, 7) is 1.62. The Hall–Kier alpha value is -3.33. The molecule has 0 aliphatic carbocycles. The van der Waals surface area contributed by atoms with Gasteiger partial charge < -0.3 is 15.4 Å². The van der Waals surface area contributed by atoms with Crippen molar-refractivity contribution in [2.24, 2.45) is 7.05 Å². The molecule has 0 radical (unpaired) electrons. The van der Waals surface area contributed by atoms with Crippen LogP contribution >= 0.6 is 0 Å². The second-order valence-electron chi connectivity index (χ2n) is 7.08. The second-order valence-corrected chi connectivity index (χ2v) is 7.08. The summed E-state index contributed by atoms with van der Waals surface area (Å²) >= 11 is 0. The molecule has 2 aromatic carbocycles. The highest BCUT2D eigenvalue weighted by atomic mass is 19.1. The van der Waals surface area contributed by atoms with Gasteiger partial charge in [-0.05, 0) is 25.1 Å². The van der Waals surface area contributed by atoms with Crippen LogP contribution in [0.1, 0.15) is 6.42 Å². The van der Waals surface area contributed by atoms with Crippen LogP contribution in [0.5, 0.6) is 5.75 Å². The smallest absolute Gasteiger partial charge is 0.153 e. The second kappa shape index (κ2) is 6.93. The molecule has 2 aromatic heterocycles. The molecule has 1 saturated heterocycles. The Morgan fingerprint density at radius 2 is 2.07 bits per heavy atom. The summed E-state index contributed by atoms with van der Waals surface area (Å²) < 4.78 is 36.7. The minimum atomic E-state index is -0.505. The van der Waals surface area contributed by atoms with Crippen molar-refractivity contribution in [2.45, 2.75) is 12.5 Å². The van der Waals surface area contributed by atoms with E-state index >= 15 is 0 Å². The molecule has 29 heavy (non-hydrogen) atoms. The highest BCUT2D eigenvalue weighted by Gasteiger charge is 2.18. The van der Waals surface area contributed by atoms with Crippen LogP contribution in [-0.4, -0.2) is 38.9 Å². The zero-order valence-corrected chi connectivity index (χ0v) is 15.6. The van der Waals surface area contributed by atoms with Gasteiger partial charge in [0.2, 0.25) is 0 Å². The Morgan fingerprint density at radius 1 is 1.17 bits per heavy atom. The molecule has 1 aliphatic heterocycles. The number of hydrogen-bond acceptors (Lipinski definition) is 6. The van der Waals surface area contributed by atoms with Gasteiger partial charge in [0.15, 0.2) is 5.82 Å². The first-order valence-electron chi connectivity index (χ1n) is 9.28. The number of anilines is 2. The summed E-state index contributed by atoms with van der Waals surface area (Å²) in [5.74, 6) is -0.292. The molecule has 0 saturated carbocycles. The first-order valence-corrected chi connectivity index (χ1v) is 9.28. The van der Waals surface area contributed by atoms with Crippen LogP contribution in [0.4, 0.5) is 20.3 Å². The van der Waals surface area contributed by atoms with E-state index in [4.69, 9.17) is 4.74 Å². The van der Waals surface area contributed by atoms with Crippen LogP contribution in [0.2, 0.25) is 0 Å². The van der Waals surface area contributed by atoms with E-state index in [1.807, 2.05) is 0 Å². The van der Waals surface area contributed by atoms with Gasteiger partial charge in [-0.1, -0.05) is 0 Å². The van der Waals surface area contributed by atoms with Crippen molar-refractivity contribution in [3.8, 4) is 5.75 Å². The van der Waals surface area contributed by atoms with Crippen LogP contribution in [-0.2, 0) is 7.05 Å². The lowest BCUT2D eigenvalue weighted by atomic mass is 10.2. The normalized spacial score (nSPS) is 16.6. The van der Waals surface area contributed by atoms with E-state index in [1.54, 1.807) is 30.1 Å². The van der Waals surface area contributed by atoms with Crippen molar-refractivity contribution in [1.29, 1.82) is 0 Å². The molecule has 0 amide bonds. The average molecular weight is 396 g/mol. The van der Waals surface area contributed by atoms with E-state index in [0.29, 0.717) is 22.3 Å². The van der Waals surface area contributed by atoms with Gasteiger partial charge in [0.1, 0.15) is 35.3 Å². The van der Waals surface area contributed by atoms with Gasteiger partial charge in [0.05, 0.1) is 10.9 Å². The molecular weight excluding hydrogens is 378 g/mol. The SMILES string of the molecule is Cn1cc2cc(Nc3ncnc4cc(OC5CCNC5)cc(F)c34)cc(F)c2n1. The van der Waals surface area contributed by atoms with Crippen molar-refractivity contribution in [1.82, 2.24) is 25.1 Å². The van der Waals surface area contributed by atoms with Crippen molar-refractivity contribution in [3.63, 3.8) is 0 Å². The number of hydrogen-bond donors (Lipinski definition) is 2. The third kappa shape index (κ3) is 3.33. The summed E-state index contributed by atoms with van der Waals surface area (Å²) in [6.07, 6.45) is 3.94. The van der Waals surface area contributed by atoms with Crippen LogP contribution in [0.3, 0.4) is 0 Å². The fourth-order valence-electron chi connectivity index (χ4n) is 3.62. The molecule has 3 heterocycles. The fourth-order valence-corrected chi connectivity index (χ4v) is 3.62. The number of aryl methyl sites for hydroxylation is 1. The third-order valence-electron chi connectivity index (χ3n) is 4.92. The van der Waals surface area contributed by atoms with E-state index in [-0.39, 0.29) is 22.8 Å². The van der Waals surface area contributed by atoms with E-state index in [0.717, 1.165) is 19.5 Å². The molecule has 7 nitrogen and oxygen atoms in total. The van der Waals surface area contributed by atoms with E-state index in [9.17, 15) is 8.78 Å². The maximum absolute atomic E-state index is 14.9. The van der Waals surface area contributed by atoms with Crippen molar-refractivity contribution in [3.05, 3.63) is 48.4 Å². The van der Waals surface area contributed by atoms with Gasteiger partial charge in [-0.15, -0.1) is 0 Å². The summed E-state index contributed by atoms with van der Waals surface area (Å²) in [7, 11) is 1.72. The van der Waals surface area contributed by atoms with Crippen molar-refractivity contribution >= 4 is 33.3 Å². The molecule has 1 fully saturated rings. The van der Waals surface area contributed by atoms with E-state index < -0.39 is 11.6 Å². The lowest BCUT2D eigenvalue weighted by molar-refractivity contribution is 0.222. The van der Waals surface area contributed by atoms with Crippen LogP contribution in [0, 0.1) is 11.6 Å². The number of halogens is 2. The molecule has 1 unspecified atom stereocenters. The predicted octanol–water partition coefficient (Wildman–Crippen LogP) is 3.28. The zero-order chi connectivity index (χ0) is 20.0. The lowest BCUT2D eigenvalue weighted by Gasteiger charge is -2.14. The van der Waals surface area contributed by atoms with Gasteiger partial charge >= 0.3 is 0 Å². The summed E-state index contributed by atoms with van der Waals surface area (Å²) in [4.78, 5) is 8.33. The molecule has 5 rings (SSSR count). The first kappa shape index (κ1) is 17.7. The molecule has 148 valence electrons. The predicted molar refractivity (Wildman–Crippen MR) is 105 cm³/mol. The standard InChI is InChI=1S/C20H18F2N6O/c1-28-9-11-4-12(5-16(22)19(11)27-28)26-20-18-15(21)6-14(7-17(18)24-10-25-20)29-13-2-3-23-8-13/h4-7,9-10,13,23H,2-3,8H2,1H3,(H,24,25,26). The van der Waals surface area contributed by atoms with Gasteiger partial charge in [-0.3, -0.25) is 4.68 Å². The molecule has 0 bridgehead atoms. The molecule has 9 heteroatoms.